The Morgan fingerprint density at radius 1 is 1.16 bits per heavy atom. The summed E-state index contributed by atoms with van der Waals surface area (Å²) in [5, 5.41) is 2.09. The summed E-state index contributed by atoms with van der Waals surface area (Å²) in [6.45, 7) is 4.01. The van der Waals surface area contributed by atoms with Gasteiger partial charge in [0.2, 0.25) is 6.79 Å². The van der Waals surface area contributed by atoms with Crippen molar-refractivity contribution in [2.24, 2.45) is 5.41 Å². The number of hydrogen-bond acceptors (Lipinski definition) is 7. The molecule has 0 aliphatic rings. The largest absolute Gasteiger partial charge is 0.427 e. The number of rotatable bonds is 6. The number of hydrogen-bond donors (Lipinski definition) is 3. The molecule has 1 amide bonds. The van der Waals surface area contributed by atoms with Gasteiger partial charge in [0, 0.05) is 0 Å². The van der Waals surface area contributed by atoms with Crippen molar-refractivity contribution in [3.05, 3.63) is 0 Å². The van der Waals surface area contributed by atoms with Gasteiger partial charge < -0.3 is 24.6 Å². The van der Waals surface area contributed by atoms with Crippen molar-refractivity contribution >= 4 is 26.2 Å². The third kappa shape index (κ3) is 9.35. The Balaban J connectivity index is 3.77. The highest BCUT2D eigenvalue weighted by atomic mass is 31.2. The predicted molar refractivity (Wildman–Crippen MR) is 66.1 cm³/mol. The van der Waals surface area contributed by atoms with Crippen LogP contribution in [0.25, 0.3) is 0 Å². The molecule has 0 aliphatic heterocycles. The third-order valence-electron chi connectivity index (χ3n) is 1.74. The van der Waals surface area contributed by atoms with E-state index in [2.05, 4.69) is 14.8 Å². The molecule has 0 rings (SSSR count). The molecule has 19 heavy (non-hydrogen) atoms. The maximum absolute atomic E-state index is 11.3. The smallest absolute Gasteiger partial charge is 0.410 e. The van der Waals surface area contributed by atoms with Gasteiger partial charge in [-0.25, -0.2) is 4.79 Å². The van der Waals surface area contributed by atoms with Crippen LogP contribution in [0.3, 0.4) is 0 Å². The van der Waals surface area contributed by atoms with Gasteiger partial charge >= 0.3 is 12.1 Å². The van der Waals surface area contributed by atoms with E-state index in [0.29, 0.717) is 0 Å². The normalized spacial score (nSPS) is 11.1. The van der Waals surface area contributed by atoms with Crippen LogP contribution in [0, 0.1) is 5.41 Å². The molecule has 0 unspecified atom stereocenters. The van der Waals surface area contributed by atoms with Crippen LogP contribution >= 0.6 is 8.38 Å². The van der Waals surface area contributed by atoms with Crippen LogP contribution in [0.15, 0.2) is 0 Å². The van der Waals surface area contributed by atoms with Gasteiger partial charge in [-0.1, -0.05) is 0 Å². The predicted octanol–water partition coefficient (Wildman–Crippen LogP) is 0.125. The van der Waals surface area contributed by atoms with Gasteiger partial charge in [-0.15, -0.1) is 0 Å². The maximum Gasteiger partial charge on any atom is 0.410 e. The van der Waals surface area contributed by atoms with E-state index in [4.69, 9.17) is 9.79 Å². The Kier molecular flexibility index (Phi) is 7.51. The molecule has 0 aromatic carbocycles. The molecule has 8 nitrogen and oxygen atoms in total. The number of Topliss-reactive ketones (excluding diaryl/α,β-unsaturated/α-hetero) is 1. The zero-order chi connectivity index (χ0) is 15.1. The fourth-order valence-corrected chi connectivity index (χ4v) is 1.22. The minimum absolute atomic E-state index is 0.383. The standard InChI is InChI=1S/C10H18NO7P/c1-10(2,3)8(13)17-6-18-9(14)11-4-7(12)5-19(15)16/h15-16H,4-6H2,1-3H3,(H,11,14). The molecule has 0 aromatic rings. The van der Waals surface area contributed by atoms with Crippen LogP contribution < -0.4 is 5.32 Å². The van der Waals surface area contributed by atoms with Gasteiger partial charge in [0.05, 0.1) is 18.1 Å². The van der Waals surface area contributed by atoms with Crippen LogP contribution in [0.4, 0.5) is 4.79 Å². The minimum atomic E-state index is -2.31. The quantitative estimate of drug-likeness (QED) is 0.361. The van der Waals surface area contributed by atoms with E-state index in [-0.39, 0.29) is 6.54 Å². The molecule has 0 spiro atoms. The molecule has 0 saturated carbocycles. The average molecular weight is 295 g/mol. The monoisotopic (exact) mass is 295 g/mol. The second-order valence-electron chi connectivity index (χ2n) is 4.65. The number of alkyl carbamates (subject to hydrolysis) is 1. The van der Waals surface area contributed by atoms with Crippen molar-refractivity contribution in [2.75, 3.05) is 19.5 Å². The van der Waals surface area contributed by atoms with Crippen molar-refractivity contribution in [1.82, 2.24) is 5.32 Å². The second kappa shape index (κ2) is 8.04. The Bertz CT molecular complexity index is 337. The highest BCUT2D eigenvalue weighted by molar-refractivity contribution is 7.46. The average Bonchev–Trinajstić information content (AvgIpc) is 2.24. The summed E-state index contributed by atoms with van der Waals surface area (Å²) in [6, 6.07) is 0. The minimum Gasteiger partial charge on any atom is -0.427 e. The summed E-state index contributed by atoms with van der Waals surface area (Å²) in [4.78, 5) is 50.5. The third-order valence-corrected chi connectivity index (χ3v) is 2.38. The molecule has 3 N–H and O–H groups in total. The van der Waals surface area contributed by atoms with E-state index in [1.807, 2.05) is 0 Å². The highest BCUT2D eigenvalue weighted by Gasteiger charge is 2.23. The van der Waals surface area contributed by atoms with Crippen molar-refractivity contribution in [1.29, 1.82) is 0 Å². The first-order chi connectivity index (χ1) is 8.62. The number of ether oxygens (including phenoxy) is 2. The lowest BCUT2D eigenvalue weighted by molar-refractivity contribution is -0.161. The van der Waals surface area contributed by atoms with Gasteiger partial charge in [0.25, 0.3) is 0 Å². The lowest BCUT2D eigenvalue weighted by Gasteiger charge is -2.16. The Hall–Kier alpha value is -1.24. The Morgan fingerprint density at radius 2 is 1.74 bits per heavy atom. The van der Waals surface area contributed by atoms with Crippen molar-refractivity contribution in [2.45, 2.75) is 20.8 Å². The molecular formula is C10H18NO7P. The molecule has 0 radical (unpaired) electrons. The molecule has 0 atom stereocenters. The van der Waals surface area contributed by atoms with E-state index >= 15 is 0 Å². The summed E-state index contributed by atoms with van der Waals surface area (Å²) >= 11 is 0. The molecule has 0 aliphatic carbocycles. The number of amides is 1. The van der Waals surface area contributed by atoms with E-state index in [1.54, 1.807) is 20.8 Å². The molecule has 0 bridgehead atoms. The molecule has 0 heterocycles. The molecule has 0 saturated heterocycles. The topological polar surface area (TPSA) is 122 Å². The van der Waals surface area contributed by atoms with E-state index in [9.17, 15) is 14.4 Å². The number of esters is 1. The first-order valence-corrected chi connectivity index (χ1v) is 6.81. The van der Waals surface area contributed by atoms with Crippen molar-refractivity contribution in [3.63, 3.8) is 0 Å². The van der Waals surface area contributed by atoms with Crippen molar-refractivity contribution < 1.29 is 33.6 Å². The van der Waals surface area contributed by atoms with Crippen LogP contribution in [0.5, 0.6) is 0 Å². The lowest BCUT2D eigenvalue weighted by atomic mass is 9.98. The van der Waals surface area contributed by atoms with Crippen LogP contribution in [-0.4, -0.2) is 47.1 Å². The summed E-state index contributed by atoms with van der Waals surface area (Å²) in [7, 11) is -2.31. The number of carbonyl (C=O) groups excluding carboxylic acids is 3. The zero-order valence-electron chi connectivity index (χ0n) is 11.0. The Labute approximate surface area is 112 Å². The fourth-order valence-electron chi connectivity index (χ4n) is 0.788. The molecule has 9 heteroatoms. The molecule has 110 valence electrons. The van der Waals surface area contributed by atoms with E-state index in [1.165, 1.54) is 0 Å². The highest BCUT2D eigenvalue weighted by Crippen LogP contribution is 2.21. The summed E-state index contributed by atoms with van der Waals surface area (Å²) in [5.41, 5.74) is -0.699. The lowest BCUT2D eigenvalue weighted by Crippen LogP contribution is -2.32. The van der Waals surface area contributed by atoms with Gasteiger partial charge in [-0.3, -0.25) is 9.59 Å². The van der Waals surface area contributed by atoms with Gasteiger partial charge in [-0.2, -0.15) is 0 Å². The second-order valence-corrected chi connectivity index (χ2v) is 5.71. The van der Waals surface area contributed by atoms with E-state index in [0.717, 1.165) is 0 Å². The SMILES string of the molecule is CC(C)(C)C(=O)OCOC(=O)NCC(=O)CP(O)O. The van der Waals surface area contributed by atoms with Gasteiger partial charge in [-0.05, 0) is 20.8 Å². The fraction of sp³-hybridized carbons (Fsp3) is 0.700. The molecular weight excluding hydrogens is 277 g/mol. The van der Waals surface area contributed by atoms with Crippen molar-refractivity contribution in [3.8, 4) is 0 Å². The summed E-state index contributed by atoms with van der Waals surface area (Å²) in [6.07, 6.45) is -1.36. The van der Waals surface area contributed by atoms with Gasteiger partial charge in [0.1, 0.15) is 0 Å². The van der Waals surface area contributed by atoms with Crippen LogP contribution in [-0.2, 0) is 19.1 Å². The van der Waals surface area contributed by atoms with Gasteiger partial charge in [0.15, 0.2) is 14.2 Å². The van der Waals surface area contributed by atoms with E-state index < -0.39 is 44.6 Å². The maximum atomic E-state index is 11.3. The first kappa shape index (κ1) is 17.8. The summed E-state index contributed by atoms with van der Waals surface area (Å²) < 4.78 is 9.16. The van der Waals surface area contributed by atoms with Crippen LogP contribution in [0.2, 0.25) is 0 Å². The van der Waals surface area contributed by atoms with Crippen LogP contribution in [0.1, 0.15) is 20.8 Å². The zero-order valence-corrected chi connectivity index (χ0v) is 11.9. The number of nitrogens with one attached hydrogen (secondary N) is 1. The molecule has 0 fully saturated rings. The number of ketones is 1. The molecule has 0 aromatic heterocycles. The number of carbonyl (C=O) groups is 3. The Morgan fingerprint density at radius 3 is 2.21 bits per heavy atom. The first-order valence-electron chi connectivity index (χ1n) is 5.37. The summed E-state index contributed by atoms with van der Waals surface area (Å²) in [5.74, 6) is -1.07.